The van der Waals surface area contributed by atoms with E-state index in [0.29, 0.717) is 13.0 Å². The van der Waals surface area contributed by atoms with Gasteiger partial charge in [0.1, 0.15) is 0 Å². The average molecular weight is 367 g/mol. The Balaban J connectivity index is 0.00000242. The molecule has 1 aliphatic rings. The van der Waals surface area contributed by atoms with Crippen LogP contribution in [0.4, 0.5) is 0 Å². The van der Waals surface area contributed by atoms with Crippen LogP contribution < -0.4 is 11.1 Å². The summed E-state index contributed by atoms with van der Waals surface area (Å²) < 4.78 is 7.42. The molecular formula is C15H28Cl2N4O2. The van der Waals surface area contributed by atoms with E-state index in [4.69, 9.17) is 10.5 Å². The van der Waals surface area contributed by atoms with Gasteiger partial charge in [0.2, 0.25) is 5.91 Å². The van der Waals surface area contributed by atoms with Gasteiger partial charge in [-0.1, -0.05) is 0 Å². The van der Waals surface area contributed by atoms with Gasteiger partial charge < -0.3 is 20.4 Å². The first kappa shape index (κ1) is 22.2. The number of aromatic nitrogens is 2. The zero-order valence-corrected chi connectivity index (χ0v) is 15.6. The van der Waals surface area contributed by atoms with Crippen molar-refractivity contribution in [3.8, 4) is 0 Å². The fourth-order valence-corrected chi connectivity index (χ4v) is 2.88. The van der Waals surface area contributed by atoms with E-state index in [2.05, 4.69) is 14.9 Å². The second-order valence-corrected chi connectivity index (χ2v) is 5.85. The van der Waals surface area contributed by atoms with Crippen LogP contribution in [0.2, 0.25) is 0 Å². The summed E-state index contributed by atoms with van der Waals surface area (Å²) in [6.45, 7) is 5.39. The van der Waals surface area contributed by atoms with Crippen LogP contribution in [0.5, 0.6) is 0 Å². The van der Waals surface area contributed by atoms with Crippen LogP contribution in [-0.2, 0) is 16.1 Å². The molecule has 6 nitrogen and oxygen atoms in total. The molecule has 1 heterocycles. The Morgan fingerprint density at radius 3 is 2.70 bits per heavy atom. The first-order valence-corrected chi connectivity index (χ1v) is 7.57. The number of hydrogen-bond donors (Lipinski definition) is 2. The molecule has 0 aromatic carbocycles. The Bertz CT molecular complexity index is 496. The number of carbonyl (C=O) groups is 1. The van der Waals surface area contributed by atoms with E-state index in [1.807, 2.05) is 20.2 Å². The molecule has 23 heavy (non-hydrogen) atoms. The van der Waals surface area contributed by atoms with Crippen molar-refractivity contribution in [2.24, 2.45) is 11.7 Å². The molecule has 2 rings (SSSR count). The number of nitrogens with one attached hydrogen (secondary N) is 1. The fraction of sp³-hybridized carbons (Fsp3) is 0.733. The molecular weight excluding hydrogens is 339 g/mol. The molecule has 3 atom stereocenters. The maximum absolute atomic E-state index is 12.2. The van der Waals surface area contributed by atoms with Gasteiger partial charge in [0.05, 0.1) is 18.1 Å². The molecule has 0 unspecified atom stereocenters. The van der Waals surface area contributed by atoms with Gasteiger partial charge in [-0.2, -0.15) is 0 Å². The van der Waals surface area contributed by atoms with Crippen molar-refractivity contribution in [2.45, 2.75) is 51.8 Å². The lowest BCUT2D eigenvalue weighted by Crippen LogP contribution is -2.45. The quantitative estimate of drug-likeness (QED) is 0.828. The average Bonchev–Trinajstić information content (AvgIpc) is 2.79. The van der Waals surface area contributed by atoms with E-state index in [1.54, 1.807) is 7.11 Å². The third-order valence-corrected chi connectivity index (χ3v) is 4.51. The lowest BCUT2D eigenvalue weighted by molar-refractivity contribution is -0.127. The SMILES string of the molecule is CO[C@H]1C[C@@H](C(=O)NCCn2cnc(C)c2C)CC[C@@H]1N.Cl.Cl. The number of halogens is 2. The van der Waals surface area contributed by atoms with Gasteiger partial charge in [0, 0.05) is 37.9 Å². The molecule has 8 heteroatoms. The second-order valence-electron chi connectivity index (χ2n) is 5.85. The molecule has 134 valence electrons. The van der Waals surface area contributed by atoms with Crippen LogP contribution in [0.15, 0.2) is 6.33 Å². The molecule has 1 aromatic rings. The minimum absolute atomic E-state index is 0. The molecule has 0 spiro atoms. The van der Waals surface area contributed by atoms with Gasteiger partial charge in [0.25, 0.3) is 0 Å². The highest BCUT2D eigenvalue weighted by Crippen LogP contribution is 2.25. The molecule has 1 fully saturated rings. The summed E-state index contributed by atoms with van der Waals surface area (Å²) in [6, 6.07) is 0.0515. The number of nitrogens with two attached hydrogens (primary N) is 1. The largest absolute Gasteiger partial charge is 0.380 e. The summed E-state index contributed by atoms with van der Waals surface area (Å²) in [4.78, 5) is 16.5. The lowest BCUT2D eigenvalue weighted by Gasteiger charge is -2.32. The molecule has 0 saturated heterocycles. The van der Waals surface area contributed by atoms with Crippen molar-refractivity contribution in [2.75, 3.05) is 13.7 Å². The van der Waals surface area contributed by atoms with Gasteiger partial charge in [-0.3, -0.25) is 4.79 Å². The number of methoxy groups -OCH3 is 1. The first-order valence-electron chi connectivity index (χ1n) is 7.57. The number of nitrogens with zero attached hydrogens (tertiary/aromatic N) is 2. The highest BCUT2D eigenvalue weighted by atomic mass is 35.5. The Kier molecular flexibility index (Phi) is 9.77. The number of aryl methyl sites for hydroxylation is 1. The van der Waals surface area contributed by atoms with E-state index in [1.165, 1.54) is 0 Å². The monoisotopic (exact) mass is 366 g/mol. The zero-order valence-electron chi connectivity index (χ0n) is 13.9. The molecule has 1 aromatic heterocycles. The third kappa shape index (κ3) is 5.64. The summed E-state index contributed by atoms with van der Waals surface area (Å²) in [5, 5.41) is 3.01. The standard InChI is InChI=1S/C15H26N4O2.2ClH/c1-10-11(2)19(9-18-10)7-6-17-15(20)12-4-5-13(16)14(8-12)21-3;;/h9,12-14H,4-8,16H2,1-3H3,(H,17,20);2*1H/t12-,13-,14-;;/m0../s1. The Morgan fingerprint density at radius 1 is 1.43 bits per heavy atom. The van der Waals surface area contributed by atoms with E-state index >= 15 is 0 Å². The number of imidazole rings is 1. The molecule has 0 radical (unpaired) electrons. The fourth-order valence-electron chi connectivity index (χ4n) is 2.88. The molecule has 1 aliphatic carbocycles. The smallest absolute Gasteiger partial charge is 0.223 e. The minimum atomic E-state index is -0.00644. The Labute approximate surface area is 150 Å². The lowest BCUT2D eigenvalue weighted by atomic mass is 9.83. The summed E-state index contributed by atoms with van der Waals surface area (Å²) in [5.41, 5.74) is 8.16. The van der Waals surface area contributed by atoms with Gasteiger partial charge in [-0.05, 0) is 33.1 Å². The van der Waals surface area contributed by atoms with Gasteiger partial charge in [-0.25, -0.2) is 4.98 Å². The Morgan fingerprint density at radius 2 is 2.13 bits per heavy atom. The van der Waals surface area contributed by atoms with Gasteiger partial charge in [-0.15, -0.1) is 24.8 Å². The van der Waals surface area contributed by atoms with E-state index in [9.17, 15) is 4.79 Å². The Hall–Kier alpha value is -0.820. The molecule has 3 N–H and O–H groups in total. The maximum Gasteiger partial charge on any atom is 0.223 e. The molecule has 1 saturated carbocycles. The molecule has 0 bridgehead atoms. The summed E-state index contributed by atoms with van der Waals surface area (Å²) in [5.74, 6) is 0.124. The minimum Gasteiger partial charge on any atom is -0.380 e. The van der Waals surface area contributed by atoms with Crippen molar-refractivity contribution in [3.63, 3.8) is 0 Å². The van der Waals surface area contributed by atoms with Gasteiger partial charge in [0.15, 0.2) is 0 Å². The van der Waals surface area contributed by atoms with Crippen LogP contribution >= 0.6 is 24.8 Å². The van der Waals surface area contributed by atoms with Crippen LogP contribution in [0, 0.1) is 19.8 Å². The number of ether oxygens (including phenoxy) is 1. The van der Waals surface area contributed by atoms with Crippen molar-refractivity contribution in [3.05, 3.63) is 17.7 Å². The molecule has 1 amide bonds. The van der Waals surface area contributed by atoms with Crippen molar-refractivity contribution < 1.29 is 9.53 Å². The van der Waals surface area contributed by atoms with Gasteiger partial charge >= 0.3 is 0 Å². The number of hydrogen-bond acceptors (Lipinski definition) is 4. The number of carbonyl (C=O) groups excluding carboxylic acids is 1. The summed E-state index contributed by atoms with van der Waals surface area (Å²) >= 11 is 0. The summed E-state index contributed by atoms with van der Waals surface area (Å²) in [7, 11) is 1.66. The predicted octanol–water partition coefficient (Wildman–Crippen LogP) is 1.60. The highest BCUT2D eigenvalue weighted by molar-refractivity contribution is 5.85. The predicted molar refractivity (Wildman–Crippen MR) is 95.3 cm³/mol. The van der Waals surface area contributed by atoms with Crippen molar-refractivity contribution in [1.82, 2.24) is 14.9 Å². The van der Waals surface area contributed by atoms with Crippen LogP contribution in [-0.4, -0.2) is 41.3 Å². The maximum atomic E-state index is 12.2. The first-order chi connectivity index (χ1) is 10.0. The van der Waals surface area contributed by atoms with Crippen molar-refractivity contribution >= 4 is 30.7 Å². The van der Waals surface area contributed by atoms with Crippen LogP contribution in [0.25, 0.3) is 0 Å². The summed E-state index contributed by atoms with van der Waals surface area (Å²) in [6.07, 6.45) is 4.21. The highest BCUT2D eigenvalue weighted by Gasteiger charge is 2.31. The number of amides is 1. The second kappa shape index (κ2) is 10.1. The van der Waals surface area contributed by atoms with E-state index in [0.717, 1.165) is 30.8 Å². The molecule has 0 aliphatic heterocycles. The third-order valence-electron chi connectivity index (χ3n) is 4.51. The van der Waals surface area contributed by atoms with E-state index in [-0.39, 0.29) is 48.8 Å². The zero-order chi connectivity index (χ0) is 15.4. The van der Waals surface area contributed by atoms with Crippen molar-refractivity contribution in [1.29, 1.82) is 0 Å². The topological polar surface area (TPSA) is 82.2 Å². The number of rotatable bonds is 5. The normalized spacial score (nSPS) is 23.6. The van der Waals surface area contributed by atoms with Crippen LogP contribution in [0.1, 0.15) is 30.7 Å². The van der Waals surface area contributed by atoms with E-state index < -0.39 is 0 Å². The van der Waals surface area contributed by atoms with Crippen LogP contribution in [0.3, 0.4) is 0 Å².